The molecule has 38 heavy (non-hydrogen) atoms. The summed E-state index contributed by atoms with van der Waals surface area (Å²) in [4.78, 5) is 27.3. The third kappa shape index (κ3) is 9.20. The summed E-state index contributed by atoms with van der Waals surface area (Å²) >= 11 is 11.8. The molecule has 3 atom stereocenters. The molecular formula is C26H32Cl2FN3O5S. The van der Waals surface area contributed by atoms with Crippen LogP contribution in [0.5, 0.6) is 0 Å². The fourth-order valence-corrected chi connectivity index (χ4v) is 5.46. The second kappa shape index (κ2) is 13.7. The molecule has 1 saturated carbocycles. The Morgan fingerprint density at radius 3 is 2.50 bits per heavy atom. The van der Waals surface area contributed by atoms with Gasteiger partial charge in [0.05, 0.1) is 29.8 Å². The standard InChI is InChI=1S/C26H32Cl2FN3O5S/c1-17(3-8-22(28)18(2)27)21-15-23(21)30-9-14-38(35,36)16-24(26(34)32-10-12-37-13-11-32)31-25(33)19-4-6-20(29)7-5-19/h3-8,21,23-24,30H,1,9-16H2,2H3,(H,31,33)/b8-3-,22-18-/t21-,23?,24+/m0/s1. The van der Waals surface area contributed by atoms with Gasteiger partial charge in [0.1, 0.15) is 11.9 Å². The van der Waals surface area contributed by atoms with Gasteiger partial charge in [-0.15, -0.1) is 0 Å². The molecule has 0 spiro atoms. The highest BCUT2D eigenvalue weighted by atomic mass is 35.5. The highest BCUT2D eigenvalue weighted by Gasteiger charge is 2.38. The lowest BCUT2D eigenvalue weighted by atomic mass is 10.1. The molecule has 208 valence electrons. The van der Waals surface area contributed by atoms with Gasteiger partial charge in [-0.2, -0.15) is 0 Å². The maximum atomic E-state index is 13.2. The first kappa shape index (κ1) is 30.3. The van der Waals surface area contributed by atoms with Crippen LogP contribution >= 0.6 is 23.2 Å². The number of carbonyl (C=O) groups is 2. The van der Waals surface area contributed by atoms with Crippen LogP contribution < -0.4 is 10.6 Å². The molecule has 1 aliphatic heterocycles. The molecule has 1 aliphatic carbocycles. The van der Waals surface area contributed by atoms with E-state index >= 15 is 0 Å². The molecule has 0 bridgehead atoms. The van der Waals surface area contributed by atoms with Crippen LogP contribution in [-0.2, 0) is 19.4 Å². The van der Waals surface area contributed by atoms with Crippen molar-refractivity contribution in [1.82, 2.24) is 15.5 Å². The van der Waals surface area contributed by atoms with Gasteiger partial charge in [-0.1, -0.05) is 41.4 Å². The number of morpholine rings is 1. The van der Waals surface area contributed by atoms with Crippen LogP contribution in [-0.4, -0.2) is 81.6 Å². The number of nitrogens with zero attached hydrogens (tertiary/aromatic N) is 1. The van der Waals surface area contributed by atoms with Crippen molar-refractivity contribution in [3.63, 3.8) is 0 Å². The van der Waals surface area contributed by atoms with Crippen molar-refractivity contribution in [2.75, 3.05) is 44.4 Å². The summed E-state index contributed by atoms with van der Waals surface area (Å²) in [5.74, 6) is -2.26. The number of carbonyl (C=O) groups excluding carboxylic acids is 2. The Hall–Kier alpha value is -2.24. The summed E-state index contributed by atoms with van der Waals surface area (Å²) in [7, 11) is -3.73. The summed E-state index contributed by atoms with van der Waals surface area (Å²) in [6.07, 6.45) is 4.29. The summed E-state index contributed by atoms with van der Waals surface area (Å²) in [5.41, 5.74) is 0.985. The molecule has 2 amide bonds. The van der Waals surface area contributed by atoms with Crippen molar-refractivity contribution in [1.29, 1.82) is 0 Å². The van der Waals surface area contributed by atoms with E-state index in [2.05, 4.69) is 17.2 Å². The molecule has 3 rings (SSSR count). The Bertz CT molecular complexity index is 1190. The first-order valence-electron chi connectivity index (χ1n) is 12.2. The summed E-state index contributed by atoms with van der Waals surface area (Å²) in [6.45, 7) is 7.17. The first-order chi connectivity index (χ1) is 18.0. The zero-order valence-electron chi connectivity index (χ0n) is 21.1. The van der Waals surface area contributed by atoms with E-state index in [4.69, 9.17) is 27.9 Å². The van der Waals surface area contributed by atoms with Gasteiger partial charge >= 0.3 is 0 Å². The van der Waals surface area contributed by atoms with Crippen molar-refractivity contribution in [3.8, 4) is 0 Å². The van der Waals surface area contributed by atoms with E-state index in [1.807, 2.05) is 0 Å². The topological polar surface area (TPSA) is 105 Å². The highest BCUT2D eigenvalue weighted by molar-refractivity contribution is 7.91. The Balaban J connectivity index is 1.57. The van der Waals surface area contributed by atoms with Gasteiger partial charge in [0.2, 0.25) is 5.91 Å². The van der Waals surface area contributed by atoms with Crippen LogP contribution in [0, 0.1) is 11.7 Å². The van der Waals surface area contributed by atoms with Crippen molar-refractivity contribution >= 4 is 44.9 Å². The number of hydrogen-bond donors (Lipinski definition) is 2. The molecule has 1 saturated heterocycles. The van der Waals surface area contributed by atoms with Crippen molar-refractivity contribution in [2.45, 2.75) is 25.4 Å². The van der Waals surface area contributed by atoms with Gasteiger partial charge in [0.15, 0.2) is 9.84 Å². The van der Waals surface area contributed by atoms with Crippen LogP contribution in [0.3, 0.4) is 0 Å². The van der Waals surface area contributed by atoms with Gasteiger partial charge < -0.3 is 20.3 Å². The smallest absolute Gasteiger partial charge is 0.251 e. The molecule has 2 aliphatic rings. The number of hydrogen-bond acceptors (Lipinski definition) is 6. The van der Waals surface area contributed by atoms with Gasteiger partial charge in [0, 0.05) is 42.2 Å². The van der Waals surface area contributed by atoms with E-state index in [9.17, 15) is 22.4 Å². The second-order valence-electron chi connectivity index (χ2n) is 9.28. The van der Waals surface area contributed by atoms with Gasteiger partial charge in [-0.25, -0.2) is 12.8 Å². The van der Waals surface area contributed by atoms with Crippen LogP contribution in [0.1, 0.15) is 23.7 Å². The molecule has 0 radical (unpaired) electrons. The molecule has 2 fully saturated rings. The average Bonchev–Trinajstić information content (AvgIpc) is 3.66. The fraction of sp³-hybridized carbons (Fsp3) is 0.462. The zero-order chi connectivity index (χ0) is 27.9. The van der Waals surface area contributed by atoms with Gasteiger partial charge in [-0.05, 0) is 43.7 Å². The zero-order valence-corrected chi connectivity index (χ0v) is 23.4. The Kier molecular flexibility index (Phi) is 10.9. The number of benzene rings is 1. The Labute approximate surface area is 232 Å². The number of allylic oxidation sites excluding steroid dienone is 4. The minimum Gasteiger partial charge on any atom is -0.378 e. The monoisotopic (exact) mass is 587 g/mol. The van der Waals surface area contributed by atoms with Crippen molar-refractivity contribution < 1.29 is 27.1 Å². The van der Waals surface area contributed by atoms with E-state index < -0.39 is 39.3 Å². The number of rotatable bonds is 12. The third-order valence-corrected chi connectivity index (χ3v) is 8.69. The third-order valence-electron chi connectivity index (χ3n) is 6.31. The predicted molar refractivity (Wildman–Crippen MR) is 146 cm³/mol. The van der Waals surface area contributed by atoms with Crippen molar-refractivity contribution in [2.24, 2.45) is 5.92 Å². The molecule has 8 nitrogen and oxygen atoms in total. The molecule has 1 unspecified atom stereocenters. The Morgan fingerprint density at radius 2 is 1.87 bits per heavy atom. The Morgan fingerprint density at radius 1 is 1.21 bits per heavy atom. The summed E-state index contributed by atoms with van der Waals surface area (Å²) < 4.78 is 44.4. The molecule has 1 heterocycles. The van der Waals surface area contributed by atoms with Crippen LogP contribution in [0.15, 0.2) is 58.6 Å². The molecule has 1 aromatic rings. The molecule has 2 N–H and O–H groups in total. The molecule has 1 aromatic carbocycles. The maximum Gasteiger partial charge on any atom is 0.251 e. The average molecular weight is 589 g/mol. The quantitative estimate of drug-likeness (QED) is 0.364. The van der Waals surface area contributed by atoms with Crippen molar-refractivity contribution in [3.05, 3.63) is 70.0 Å². The number of sulfone groups is 1. The minimum atomic E-state index is -3.73. The van der Waals surface area contributed by atoms with Gasteiger partial charge in [0.25, 0.3) is 5.91 Å². The van der Waals surface area contributed by atoms with E-state index in [0.717, 1.165) is 24.1 Å². The van der Waals surface area contributed by atoms with E-state index in [0.29, 0.717) is 36.4 Å². The normalized spacial score (nSPS) is 21.1. The molecular weight excluding hydrogens is 556 g/mol. The number of nitrogens with one attached hydrogen (secondary N) is 2. The van der Waals surface area contributed by atoms with E-state index in [-0.39, 0.29) is 29.8 Å². The predicted octanol–water partition coefficient (Wildman–Crippen LogP) is 3.00. The van der Waals surface area contributed by atoms with Gasteiger partial charge in [-0.3, -0.25) is 9.59 Å². The summed E-state index contributed by atoms with van der Waals surface area (Å²) in [6, 6.07) is 3.60. The van der Waals surface area contributed by atoms with E-state index in [1.165, 1.54) is 17.0 Å². The van der Waals surface area contributed by atoms with Crippen LogP contribution in [0.4, 0.5) is 4.39 Å². The number of amides is 2. The number of halogens is 3. The fourth-order valence-electron chi connectivity index (χ4n) is 4.01. The highest BCUT2D eigenvalue weighted by Crippen LogP contribution is 2.37. The SMILES string of the molecule is C=C(/C=C\C(Cl)=C(/C)Cl)[C@@H]1CC1NCCS(=O)(=O)C[C@@H](NC(=O)c1ccc(F)cc1)C(=O)N1CCOCC1. The lowest BCUT2D eigenvalue weighted by molar-refractivity contribution is -0.136. The van der Waals surface area contributed by atoms with Crippen LogP contribution in [0.2, 0.25) is 0 Å². The largest absolute Gasteiger partial charge is 0.378 e. The van der Waals surface area contributed by atoms with E-state index in [1.54, 1.807) is 19.1 Å². The maximum absolute atomic E-state index is 13.2. The molecule has 12 heteroatoms. The lowest BCUT2D eigenvalue weighted by Gasteiger charge is -2.30. The molecule has 0 aromatic heterocycles. The van der Waals surface area contributed by atoms with Crippen LogP contribution in [0.25, 0.3) is 0 Å². The lowest BCUT2D eigenvalue weighted by Crippen LogP contribution is -2.54. The number of ether oxygens (including phenoxy) is 1. The first-order valence-corrected chi connectivity index (χ1v) is 14.8. The second-order valence-corrected chi connectivity index (χ2v) is 12.5. The summed E-state index contributed by atoms with van der Waals surface area (Å²) in [5, 5.41) is 6.65. The minimum absolute atomic E-state index is 0.0890.